The molecule has 1 aliphatic heterocycles. The number of anilines is 1. The van der Waals surface area contributed by atoms with Crippen LogP contribution in [-0.2, 0) is 4.28 Å². The summed E-state index contributed by atoms with van der Waals surface area (Å²) in [5, 5.41) is 2.26. The van der Waals surface area contributed by atoms with Gasteiger partial charge >= 0.3 is 0 Å². The molecule has 7 nitrogen and oxygen atoms in total. The zero-order valence-electron chi connectivity index (χ0n) is 24.4. The molecule has 5 aromatic carbocycles. The van der Waals surface area contributed by atoms with Gasteiger partial charge in [0.2, 0.25) is 5.82 Å². The van der Waals surface area contributed by atoms with Crippen LogP contribution in [0.2, 0.25) is 0 Å². The maximum absolute atomic E-state index is 13.9. The average Bonchev–Trinajstić information content (AvgIpc) is 3.41. The molecule has 0 atom stereocenters. The molecule has 0 fully saturated rings. The Labute approximate surface area is 268 Å². The van der Waals surface area contributed by atoms with E-state index in [-0.39, 0.29) is 39.5 Å². The van der Waals surface area contributed by atoms with E-state index in [1.54, 1.807) is 13.1 Å². The maximum atomic E-state index is 13.9. The SMILES string of the molecule is C=C(N)C1c2ccccc2-c2ccccc21.CN(N)c1ccc2c3c(cccc13)C(=O)N(OSc1c(F)c(F)c(F)c(F)c1F)C2=O. The number of benzene rings is 5. The number of amides is 2. The minimum Gasteiger partial charge on any atom is -0.402 e. The summed E-state index contributed by atoms with van der Waals surface area (Å²) in [6, 6.07) is 24.3. The fourth-order valence-electron chi connectivity index (χ4n) is 5.72. The van der Waals surface area contributed by atoms with Crippen molar-refractivity contribution < 1.29 is 35.8 Å². The number of carbonyl (C=O) groups is 2. The summed E-state index contributed by atoms with van der Waals surface area (Å²) in [6.07, 6.45) is 0. The molecule has 0 radical (unpaired) electrons. The van der Waals surface area contributed by atoms with Gasteiger partial charge in [-0.05, 0) is 40.5 Å². The van der Waals surface area contributed by atoms with Crippen LogP contribution in [0.25, 0.3) is 21.9 Å². The highest BCUT2D eigenvalue weighted by Crippen LogP contribution is 2.46. The molecule has 238 valence electrons. The van der Waals surface area contributed by atoms with Gasteiger partial charge in [-0.25, -0.2) is 27.8 Å². The third-order valence-electron chi connectivity index (χ3n) is 7.80. The van der Waals surface area contributed by atoms with E-state index in [2.05, 4.69) is 55.1 Å². The van der Waals surface area contributed by atoms with Gasteiger partial charge in [0, 0.05) is 29.4 Å². The molecule has 0 spiro atoms. The molecule has 0 aromatic heterocycles. The summed E-state index contributed by atoms with van der Waals surface area (Å²) in [7, 11) is 1.56. The second-order valence-electron chi connectivity index (χ2n) is 10.6. The minimum atomic E-state index is -2.34. The van der Waals surface area contributed by atoms with Crippen LogP contribution in [0.5, 0.6) is 0 Å². The standard InChI is InChI=1S/C19H10F5N3O3S.C15H13N/c1-26(25)10-6-5-9-11-7(10)3-2-4-8(11)18(28)27(19(9)29)30-31-17-15(23)13(21)12(20)14(22)16(17)24;1-10(16)15-13-8-4-2-6-11(13)12-7-3-5-9-14(12)15/h2-6H,25H2,1H3;2-9,15H,1,16H2. The first-order chi connectivity index (χ1) is 22.4. The fraction of sp³-hybridized carbons (Fsp3) is 0.0588. The Morgan fingerprint density at radius 2 is 1.23 bits per heavy atom. The van der Waals surface area contributed by atoms with E-state index in [1.807, 2.05) is 0 Å². The van der Waals surface area contributed by atoms with Crippen LogP contribution < -0.4 is 16.6 Å². The number of halogens is 5. The fourth-order valence-corrected chi connectivity index (χ4v) is 6.33. The summed E-state index contributed by atoms with van der Waals surface area (Å²) in [4.78, 5) is 24.2. The number of hydroxylamine groups is 2. The first-order valence-electron chi connectivity index (χ1n) is 13.9. The van der Waals surface area contributed by atoms with Crippen molar-refractivity contribution in [2.75, 3.05) is 12.1 Å². The number of imide groups is 1. The number of rotatable bonds is 5. The molecule has 1 aliphatic carbocycles. The van der Waals surface area contributed by atoms with Crippen molar-refractivity contribution >= 4 is 40.3 Å². The molecule has 0 saturated heterocycles. The second kappa shape index (κ2) is 12.2. The monoisotopic (exact) mass is 662 g/mol. The summed E-state index contributed by atoms with van der Waals surface area (Å²) >= 11 is -0.344. The molecular formula is C34H23F5N4O3S. The molecular weight excluding hydrogens is 639 g/mol. The van der Waals surface area contributed by atoms with Crippen molar-refractivity contribution in [3.05, 3.63) is 142 Å². The van der Waals surface area contributed by atoms with Crippen molar-refractivity contribution in [1.29, 1.82) is 0 Å². The Morgan fingerprint density at radius 1 is 0.745 bits per heavy atom. The molecule has 7 rings (SSSR count). The molecule has 0 unspecified atom stereocenters. The summed E-state index contributed by atoms with van der Waals surface area (Å²) in [6.45, 7) is 3.91. The quantitative estimate of drug-likeness (QED) is 0.0386. The molecule has 47 heavy (non-hydrogen) atoms. The van der Waals surface area contributed by atoms with Crippen molar-refractivity contribution in [2.45, 2.75) is 10.8 Å². The van der Waals surface area contributed by atoms with E-state index in [0.717, 1.165) is 5.70 Å². The first kappa shape index (κ1) is 31.7. The average molecular weight is 663 g/mol. The molecule has 1 heterocycles. The van der Waals surface area contributed by atoms with Gasteiger partial charge < -0.3 is 10.7 Å². The Balaban J connectivity index is 0.000000201. The van der Waals surface area contributed by atoms with Crippen molar-refractivity contribution in [2.24, 2.45) is 11.6 Å². The van der Waals surface area contributed by atoms with Crippen LogP contribution in [0.15, 0.2) is 96.0 Å². The highest BCUT2D eigenvalue weighted by atomic mass is 32.2. The predicted molar refractivity (Wildman–Crippen MR) is 167 cm³/mol. The lowest BCUT2D eigenvalue weighted by molar-refractivity contribution is -0.00775. The molecule has 2 amide bonds. The Morgan fingerprint density at radius 3 is 1.77 bits per heavy atom. The van der Waals surface area contributed by atoms with Crippen molar-refractivity contribution in [3.8, 4) is 11.1 Å². The maximum Gasteiger partial charge on any atom is 0.286 e. The minimum absolute atomic E-state index is 0.0220. The number of nitrogens with two attached hydrogens (primary N) is 2. The zero-order chi connectivity index (χ0) is 33.7. The Kier molecular flexibility index (Phi) is 8.22. The van der Waals surface area contributed by atoms with Crippen LogP contribution in [0.3, 0.4) is 0 Å². The van der Waals surface area contributed by atoms with Crippen LogP contribution in [0, 0.1) is 29.1 Å². The molecule has 4 N–H and O–H groups in total. The molecule has 0 saturated carbocycles. The second-order valence-corrected chi connectivity index (χ2v) is 11.3. The normalized spacial score (nSPS) is 13.3. The number of hydrogen-bond donors (Lipinski definition) is 2. The van der Waals surface area contributed by atoms with E-state index < -0.39 is 45.8 Å². The number of hydrogen-bond acceptors (Lipinski definition) is 7. The van der Waals surface area contributed by atoms with E-state index in [4.69, 9.17) is 15.9 Å². The van der Waals surface area contributed by atoms with Gasteiger partial charge in [0.25, 0.3) is 11.8 Å². The summed E-state index contributed by atoms with van der Waals surface area (Å²) in [5.74, 6) is -7.07. The topological polar surface area (TPSA) is 102 Å². The summed E-state index contributed by atoms with van der Waals surface area (Å²) < 4.78 is 72.5. The van der Waals surface area contributed by atoms with Crippen LogP contribution in [0.4, 0.5) is 27.6 Å². The smallest absolute Gasteiger partial charge is 0.286 e. The van der Waals surface area contributed by atoms with Gasteiger partial charge in [0.1, 0.15) is 4.90 Å². The number of nitrogens with zero attached hydrogens (tertiary/aromatic N) is 2. The van der Waals surface area contributed by atoms with Crippen LogP contribution in [-0.4, -0.2) is 23.9 Å². The van der Waals surface area contributed by atoms with Crippen LogP contribution in [0.1, 0.15) is 37.8 Å². The Hall–Kier alpha value is -5.24. The highest BCUT2D eigenvalue weighted by molar-refractivity contribution is 7.94. The Bertz CT molecular complexity index is 2040. The number of carbonyl (C=O) groups excluding carboxylic acids is 2. The number of fused-ring (bicyclic) bond motifs is 3. The van der Waals surface area contributed by atoms with Gasteiger partial charge in [-0.2, -0.15) is 4.28 Å². The molecule has 13 heteroatoms. The van der Waals surface area contributed by atoms with Gasteiger partial charge in [0.05, 0.1) is 28.9 Å². The summed E-state index contributed by atoms with van der Waals surface area (Å²) in [5.41, 5.74) is 12.3. The molecule has 0 bridgehead atoms. The van der Waals surface area contributed by atoms with E-state index >= 15 is 0 Å². The zero-order valence-corrected chi connectivity index (χ0v) is 25.2. The van der Waals surface area contributed by atoms with Crippen LogP contribution >= 0.6 is 12.0 Å². The van der Waals surface area contributed by atoms with E-state index in [0.29, 0.717) is 11.1 Å². The van der Waals surface area contributed by atoms with E-state index in [9.17, 15) is 31.5 Å². The van der Waals surface area contributed by atoms with Gasteiger partial charge in [-0.15, -0.1) is 5.06 Å². The number of hydrazine groups is 1. The molecule has 2 aliphatic rings. The molecule has 5 aromatic rings. The first-order valence-corrected chi connectivity index (χ1v) is 14.6. The lowest BCUT2D eigenvalue weighted by atomic mass is 9.94. The van der Waals surface area contributed by atoms with Crippen molar-refractivity contribution in [3.63, 3.8) is 0 Å². The highest BCUT2D eigenvalue weighted by Gasteiger charge is 2.37. The van der Waals surface area contributed by atoms with E-state index in [1.165, 1.54) is 51.5 Å². The third-order valence-corrected chi connectivity index (χ3v) is 8.55. The van der Waals surface area contributed by atoms with Gasteiger partial charge in [-0.3, -0.25) is 9.59 Å². The lowest BCUT2D eigenvalue weighted by Crippen LogP contribution is -2.39. The van der Waals surface area contributed by atoms with Gasteiger partial charge in [-0.1, -0.05) is 67.2 Å². The lowest BCUT2D eigenvalue weighted by Gasteiger charge is -2.26. The van der Waals surface area contributed by atoms with Crippen molar-refractivity contribution in [1.82, 2.24) is 5.06 Å². The predicted octanol–water partition coefficient (Wildman–Crippen LogP) is 7.35. The van der Waals surface area contributed by atoms with Gasteiger partial charge in [0.15, 0.2) is 23.3 Å². The largest absolute Gasteiger partial charge is 0.402 e. The number of allylic oxidation sites excluding steroid dienone is 1. The third kappa shape index (κ3) is 5.18.